The maximum atomic E-state index is 10.8. The van der Waals surface area contributed by atoms with Gasteiger partial charge in [-0.05, 0) is 53.6 Å². The minimum atomic E-state index is -0.168. The molecule has 0 spiro atoms. The second-order valence-electron chi connectivity index (χ2n) is 9.18. The van der Waals surface area contributed by atoms with Crippen molar-refractivity contribution in [2.75, 3.05) is 0 Å². The normalized spacial score (nSPS) is 15.8. The highest BCUT2D eigenvalue weighted by molar-refractivity contribution is 7.71. The van der Waals surface area contributed by atoms with Gasteiger partial charge in [0.05, 0.1) is 6.21 Å². The molecule has 0 aliphatic heterocycles. The van der Waals surface area contributed by atoms with Gasteiger partial charge < -0.3 is 5.11 Å². The number of benzene rings is 1. The molecule has 26 heavy (non-hydrogen) atoms. The molecule has 1 aliphatic carbocycles. The van der Waals surface area contributed by atoms with Gasteiger partial charge in [0, 0.05) is 17.0 Å². The fourth-order valence-electron chi connectivity index (χ4n) is 3.02. The Morgan fingerprint density at radius 2 is 1.69 bits per heavy atom. The molecule has 0 unspecified atom stereocenters. The Hall–Kier alpha value is -1.95. The molecule has 3 rings (SSSR count). The van der Waals surface area contributed by atoms with Crippen LogP contribution in [-0.4, -0.2) is 26.2 Å². The zero-order valence-corrected chi connectivity index (χ0v) is 17.2. The Bertz CT molecular complexity index is 870. The van der Waals surface area contributed by atoms with E-state index in [0.29, 0.717) is 16.4 Å². The van der Waals surface area contributed by atoms with Crippen LogP contribution < -0.4 is 0 Å². The summed E-state index contributed by atoms with van der Waals surface area (Å²) in [5.41, 5.74) is 2.45. The monoisotopic (exact) mass is 372 g/mol. The Morgan fingerprint density at radius 3 is 2.15 bits per heavy atom. The zero-order valence-electron chi connectivity index (χ0n) is 16.4. The lowest BCUT2D eigenvalue weighted by Crippen LogP contribution is -2.18. The van der Waals surface area contributed by atoms with Gasteiger partial charge >= 0.3 is 0 Å². The first-order valence-electron chi connectivity index (χ1n) is 9.08. The highest BCUT2D eigenvalue weighted by Crippen LogP contribution is 2.40. The Labute approximate surface area is 160 Å². The van der Waals surface area contributed by atoms with Gasteiger partial charge in [0.2, 0.25) is 4.77 Å². The molecule has 1 aromatic heterocycles. The van der Waals surface area contributed by atoms with Crippen molar-refractivity contribution in [1.82, 2.24) is 14.9 Å². The summed E-state index contributed by atoms with van der Waals surface area (Å²) in [4.78, 5) is 0. The van der Waals surface area contributed by atoms with Crippen molar-refractivity contribution in [3.05, 3.63) is 39.4 Å². The van der Waals surface area contributed by atoms with Gasteiger partial charge in [0.15, 0.2) is 5.82 Å². The van der Waals surface area contributed by atoms with E-state index in [2.05, 4.69) is 56.8 Å². The molecule has 2 aromatic rings. The van der Waals surface area contributed by atoms with E-state index in [0.717, 1.165) is 35.4 Å². The van der Waals surface area contributed by atoms with Gasteiger partial charge in [-0.3, -0.25) is 5.10 Å². The number of phenols is 1. The standard InChI is InChI=1S/C20H28N4OS/c1-19(2,3)14-9-12(10-15(16(14)25)20(4,5)6)11-21-24-17(13-7-8-13)22-23-18(24)26/h9-11,13,25H,7-8H2,1-6H3,(H,23,26)/b21-11+. The molecule has 0 radical (unpaired) electrons. The molecule has 1 saturated carbocycles. The number of aromatic nitrogens is 3. The SMILES string of the molecule is CC(C)(C)c1cc(/C=N/n2c(C3CC3)n[nH]c2=S)cc(C(C)(C)C)c1O. The summed E-state index contributed by atoms with van der Waals surface area (Å²) in [6.45, 7) is 12.6. The Balaban J connectivity index is 2.08. The summed E-state index contributed by atoms with van der Waals surface area (Å²) in [7, 11) is 0. The zero-order chi connectivity index (χ0) is 19.3. The van der Waals surface area contributed by atoms with Gasteiger partial charge in [-0.2, -0.15) is 14.9 Å². The average Bonchev–Trinajstić information content (AvgIpc) is 3.28. The molecule has 0 atom stereocenters. The van der Waals surface area contributed by atoms with Crippen LogP contribution in [0.2, 0.25) is 0 Å². The summed E-state index contributed by atoms with van der Waals surface area (Å²) < 4.78 is 2.22. The maximum Gasteiger partial charge on any atom is 0.216 e. The average molecular weight is 373 g/mol. The quantitative estimate of drug-likeness (QED) is 0.588. The number of H-pyrrole nitrogens is 1. The molecule has 2 N–H and O–H groups in total. The van der Waals surface area contributed by atoms with Crippen LogP contribution in [0, 0.1) is 4.77 Å². The van der Waals surface area contributed by atoms with E-state index in [1.54, 1.807) is 10.9 Å². The highest BCUT2D eigenvalue weighted by Gasteiger charge is 2.29. The molecule has 0 bridgehead atoms. The summed E-state index contributed by atoms with van der Waals surface area (Å²) >= 11 is 5.32. The number of phenolic OH excluding ortho intramolecular Hbond substituents is 1. The van der Waals surface area contributed by atoms with Crippen LogP contribution in [0.15, 0.2) is 17.2 Å². The molecule has 140 valence electrons. The first-order chi connectivity index (χ1) is 12.0. The predicted molar refractivity (Wildman–Crippen MR) is 108 cm³/mol. The summed E-state index contributed by atoms with van der Waals surface area (Å²) in [6.07, 6.45) is 4.08. The number of hydrogen-bond donors (Lipinski definition) is 2. The second kappa shape index (κ2) is 6.34. The van der Waals surface area contributed by atoms with E-state index in [-0.39, 0.29) is 10.8 Å². The van der Waals surface area contributed by atoms with Crippen molar-refractivity contribution < 1.29 is 5.11 Å². The summed E-state index contributed by atoms with van der Waals surface area (Å²) in [6, 6.07) is 4.02. The minimum Gasteiger partial charge on any atom is -0.507 e. The topological polar surface area (TPSA) is 66.2 Å². The maximum absolute atomic E-state index is 10.8. The van der Waals surface area contributed by atoms with Gasteiger partial charge in [-0.15, -0.1) is 0 Å². The third-order valence-corrected chi connectivity index (χ3v) is 4.95. The number of nitrogens with one attached hydrogen (secondary N) is 1. The van der Waals surface area contributed by atoms with E-state index in [9.17, 15) is 5.11 Å². The largest absolute Gasteiger partial charge is 0.507 e. The van der Waals surface area contributed by atoms with Gasteiger partial charge in [-0.25, -0.2) is 0 Å². The molecule has 0 saturated heterocycles. The lowest BCUT2D eigenvalue weighted by Gasteiger charge is -2.27. The minimum absolute atomic E-state index is 0.168. The lowest BCUT2D eigenvalue weighted by atomic mass is 9.78. The first-order valence-corrected chi connectivity index (χ1v) is 9.49. The van der Waals surface area contributed by atoms with Crippen molar-refractivity contribution in [3.8, 4) is 5.75 Å². The number of nitrogens with zero attached hydrogens (tertiary/aromatic N) is 3. The molecule has 6 heteroatoms. The molecule has 5 nitrogen and oxygen atoms in total. The van der Waals surface area contributed by atoms with Crippen molar-refractivity contribution in [2.45, 2.75) is 71.1 Å². The Morgan fingerprint density at radius 1 is 1.15 bits per heavy atom. The van der Waals surface area contributed by atoms with Gasteiger partial charge in [0.25, 0.3) is 0 Å². The Kier molecular flexibility index (Phi) is 4.59. The van der Waals surface area contributed by atoms with Crippen molar-refractivity contribution in [3.63, 3.8) is 0 Å². The third-order valence-electron chi connectivity index (χ3n) is 4.69. The fraction of sp³-hybridized carbons (Fsp3) is 0.550. The number of rotatable bonds is 3. The lowest BCUT2D eigenvalue weighted by molar-refractivity contribution is 0.423. The van der Waals surface area contributed by atoms with Crippen molar-refractivity contribution >= 4 is 18.4 Å². The molecule has 1 fully saturated rings. The van der Waals surface area contributed by atoms with Crippen LogP contribution in [0.5, 0.6) is 5.75 Å². The highest BCUT2D eigenvalue weighted by atomic mass is 32.1. The van der Waals surface area contributed by atoms with Crippen molar-refractivity contribution in [2.24, 2.45) is 5.10 Å². The fourth-order valence-corrected chi connectivity index (χ4v) is 3.21. The van der Waals surface area contributed by atoms with Crippen LogP contribution >= 0.6 is 12.2 Å². The van der Waals surface area contributed by atoms with Crippen LogP contribution in [0.1, 0.15) is 82.8 Å². The summed E-state index contributed by atoms with van der Waals surface area (Å²) in [5, 5.41) is 22.6. The molecule has 1 aliphatic rings. The number of aromatic amines is 1. The van der Waals surface area contributed by atoms with Gasteiger partial charge in [0.1, 0.15) is 5.75 Å². The number of aromatic hydroxyl groups is 1. The number of hydrogen-bond acceptors (Lipinski definition) is 4. The van der Waals surface area contributed by atoms with E-state index >= 15 is 0 Å². The van der Waals surface area contributed by atoms with E-state index < -0.39 is 0 Å². The van der Waals surface area contributed by atoms with E-state index in [4.69, 9.17) is 12.2 Å². The van der Waals surface area contributed by atoms with Gasteiger partial charge in [-0.1, -0.05) is 41.5 Å². The van der Waals surface area contributed by atoms with Crippen LogP contribution in [0.3, 0.4) is 0 Å². The molecule has 0 amide bonds. The first kappa shape index (κ1) is 18.8. The molecule has 1 aromatic carbocycles. The van der Waals surface area contributed by atoms with Crippen LogP contribution in [-0.2, 0) is 10.8 Å². The van der Waals surface area contributed by atoms with Crippen LogP contribution in [0.4, 0.5) is 0 Å². The third kappa shape index (κ3) is 3.75. The molecular weight excluding hydrogens is 344 g/mol. The van der Waals surface area contributed by atoms with E-state index in [1.807, 2.05) is 12.1 Å². The summed E-state index contributed by atoms with van der Waals surface area (Å²) in [5.74, 6) is 1.73. The molecule has 1 heterocycles. The van der Waals surface area contributed by atoms with Crippen LogP contribution in [0.25, 0.3) is 0 Å². The van der Waals surface area contributed by atoms with E-state index in [1.165, 1.54) is 0 Å². The van der Waals surface area contributed by atoms with Crippen molar-refractivity contribution in [1.29, 1.82) is 0 Å². The predicted octanol–water partition coefficient (Wildman–Crippen LogP) is 5.00. The smallest absolute Gasteiger partial charge is 0.216 e. The second-order valence-corrected chi connectivity index (χ2v) is 9.57. The molecular formula is C20H28N4OS.